The van der Waals surface area contributed by atoms with Crippen LogP contribution in [0.15, 0.2) is 24.3 Å². The summed E-state index contributed by atoms with van der Waals surface area (Å²) < 4.78 is 11.1. The highest BCUT2D eigenvalue weighted by molar-refractivity contribution is 5.29. The summed E-state index contributed by atoms with van der Waals surface area (Å²) in [5, 5.41) is 3.35. The third-order valence-corrected chi connectivity index (χ3v) is 3.28. The van der Waals surface area contributed by atoms with E-state index < -0.39 is 0 Å². The van der Waals surface area contributed by atoms with Crippen LogP contribution >= 0.6 is 0 Å². The highest BCUT2D eigenvalue weighted by Gasteiger charge is 2.28. The van der Waals surface area contributed by atoms with Crippen molar-refractivity contribution in [1.29, 1.82) is 0 Å². The first kappa shape index (κ1) is 15.0. The van der Waals surface area contributed by atoms with Crippen LogP contribution in [0.25, 0.3) is 0 Å². The van der Waals surface area contributed by atoms with Gasteiger partial charge in [-0.25, -0.2) is 0 Å². The molecule has 0 fully saturated rings. The highest BCUT2D eigenvalue weighted by atomic mass is 16.5. The van der Waals surface area contributed by atoms with Crippen molar-refractivity contribution in [3.05, 3.63) is 29.8 Å². The Kier molecular flexibility index (Phi) is 5.63. The van der Waals surface area contributed by atoms with Crippen LogP contribution < -0.4 is 10.1 Å². The molecular weight excluding hydrogens is 226 g/mol. The maximum atomic E-state index is 5.82. The van der Waals surface area contributed by atoms with E-state index in [-0.39, 0.29) is 11.6 Å². The lowest BCUT2D eigenvalue weighted by atomic mass is 9.92. The van der Waals surface area contributed by atoms with Gasteiger partial charge in [0.2, 0.25) is 0 Å². The van der Waals surface area contributed by atoms with Crippen molar-refractivity contribution in [2.24, 2.45) is 0 Å². The molecular formula is C15H25NO2. The molecule has 0 saturated heterocycles. The lowest BCUT2D eigenvalue weighted by Gasteiger charge is -2.34. The SMILES string of the molecule is CCOC(C)(C)C(Cc1cccc(OC)c1)NC. The lowest BCUT2D eigenvalue weighted by Crippen LogP contribution is -2.48. The minimum absolute atomic E-state index is 0.188. The Balaban J connectivity index is 2.78. The number of nitrogens with one attached hydrogen (secondary N) is 1. The van der Waals surface area contributed by atoms with Crippen molar-refractivity contribution < 1.29 is 9.47 Å². The molecule has 0 aromatic heterocycles. The topological polar surface area (TPSA) is 30.5 Å². The molecule has 0 aliphatic rings. The average molecular weight is 251 g/mol. The fourth-order valence-corrected chi connectivity index (χ4v) is 2.20. The van der Waals surface area contributed by atoms with Crippen LogP contribution in [0, 0.1) is 0 Å². The number of hydrogen-bond donors (Lipinski definition) is 1. The normalized spacial score (nSPS) is 13.4. The zero-order chi connectivity index (χ0) is 13.6. The maximum absolute atomic E-state index is 5.82. The lowest BCUT2D eigenvalue weighted by molar-refractivity contribution is -0.0363. The van der Waals surface area contributed by atoms with Crippen molar-refractivity contribution in [3.8, 4) is 5.75 Å². The average Bonchev–Trinajstić information content (AvgIpc) is 2.36. The van der Waals surface area contributed by atoms with Crippen molar-refractivity contribution in [3.63, 3.8) is 0 Å². The van der Waals surface area contributed by atoms with Crippen LogP contribution in [0.2, 0.25) is 0 Å². The standard InChI is InChI=1S/C15H25NO2/c1-6-18-15(2,3)14(16-4)11-12-8-7-9-13(10-12)17-5/h7-10,14,16H,6,11H2,1-5H3. The first-order valence-corrected chi connectivity index (χ1v) is 6.47. The number of benzene rings is 1. The van der Waals surface area contributed by atoms with Gasteiger partial charge in [-0.2, -0.15) is 0 Å². The number of methoxy groups -OCH3 is 1. The largest absolute Gasteiger partial charge is 0.497 e. The van der Waals surface area contributed by atoms with Gasteiger partial charge in [-0.3, -0.25) is 0 Å². The van der Waals surface area contributed by atoms with Gasteiger partial charge < -0.3 is 14.8 Å². The molecule has 1 aromatic rings. The first-order chi connectivity index (χ1) is 8.53. The second-order valence-corrected chi connectivity index (χ2v) is 4.93. The van der Waals surface area contributed by atoms with Crippen molar-refractivity contribution in [2.75, 3.05) is 20.8 Å². The molecule has 3 heteroatoms. The summed E-state index contributed by atoms with van der Waals surface area (Å²) >= 11 is 0. The molecule has 3 nitrogen and oxygen atoms in total. The van der Waals surface area contributed by atoms with Crippen LogP contribution in [0.4, 0.5) is 0 Å². The molecule has 1 atom stereocenters. The van der Waals surface area contributed by atoms with Gasteiger partial charge in [0.1, 0.15) is 5.75 Å². The maximum Gasteiger partial charge on any atom is 0.119 e. The number of hydrogen-bond acceptors (Lipinski definition) is 3. The molecule has 0 aliphatic heterocycles. The van der Waals surface area contributed by atoms with Crippen LogP contribution in [-0.4, -0.2) is 32.4 Å². The fraction of sp³-hybridized carbons (Fsp3) is 0.600. The van der Waals surface area contributed by atoms with Gasteiger partial charge >= 0.3 is 0 Å². The summed E-state index contributed by atoms with van der Waals surface area (Å²) in [5.74, 6) is 0.900. The van der Waals surface area contributed by atoms with Gasteiger partial charge in [-0.05, 0) is 51.9 Å². The Bertz CT molecular complexity index is 363. The zero-order valence-electron chi connectivity index (χ0n) is 12.1. The summed E-state index contributed by atoms with van der Waals surface area (Å²) in [6, 6.07) is 8.45. The zero-order valence-corrected chi connectivity index (χ0v) is 12.1. The van der Waals surface area contributed by atoms with Gasteiger partial charge in [0.05, 0.1) is 12.7 Å². The Morgan fingerprint density at radius 3 is 2.61 bits per heavy atom. The van der Waals surface area contributed by atoms with E-state index in [2.05, 4.69) is 31.3 Å². The van der Waals surface area contributed by atoms with Gasteiger partial charge in [0.15, 0.2) is 0 Å². The fourth-order valence-electron chi connectivity index (χ4n) is 2.20. The van der Waals surface area contributed by atoms with Crippen LogP contribution in [0.5, 0.6) is 5.75 Å². The quantitative estimate of drug-likeness (QED) is 0.808. The van der Waals surface area contributed by atoms with E-state index in [4.69, 9.17) is 9.47 Å². The first-order valence-electron chi connectivity index (χ1n) is 6.47. The van der Waals surface area contributed by atoms with Crippen LogP contribution in [0.3, 0.4) is 0 Å². The molecule has 0 heterocycles. The predicted molar refractivity (Wildman–Crippen MR) is 75.3 cm³/mol. The van der Waals surface area contributed by atoms with E-state index in [9.17, 15) is 0 Å². The molecule has 0 amide bonds. The van der Waals surface area contributed by atoms with Gasteiger partial charge in [-0.1, -0.05) is 12.1 Å². The molecule has 0 radical (unpaired) electrons. The predicted octanol–water partition coefficient (Wildman–Crippen LogP) is 2.64. The Labute approximate surface area is 110 Å². The smallest absolute Gasteiger partial charge is 0.119 e. The number of rotatable bonds is 7. The Morgan fingerprint density at radius 2 is 2.06 bits per heavy atom. The van der Waals surface area contributed by atoms with Crippen molar-refractivity contribution >= 4 is 0 Å². The molecule has 1 rings (SSSR count). The molecule has 0 bridgehead atoms. The van der Waals surface area contributed by atoms with Crippen LogP contribution in [0.1, 0.15) is 26.3 Å². The summed E-state index contributed by atoms with van der Waals surface area (Å²) in [6.45, 7) is 7.00. The van der Waals surface area contributed by atoms with E-state index in [1.807, 2.05) is 26.1 Å². The molecule has 1 N–H and O–H groups in total. The number of ether oxygens (including phenoxy) is 2. The van der Waals surface area contributed by atoms with Crippen LogP contribution in [-0.2, 0) is 11.2 Å². The van der Waals surface area contributed by atoms with Crippen molar-refractivity contribution in [1.82, 2.24) is 5.32 Å². The van der Waals surface area contributed by atoms with E-state index in [0.717, 1.165) is 18.8 Å². The molecule has 0 spiro atoms. The highest BCUT2D eigenvalue weighted by Crippen LogP contribution is 2.21. The monoisotopic (exact) mass is 251 g/mol. The minimum atomic E-state index is -0.188. The molecule has 1 unspecified atom stereocenters. The molecule has 0 aliphatic carbocycles. The third kappa shape index (κ3) is 4.00. The molecule has 18 heavy (non-hydrogen) atoms. The summed E-state index contributed by atoms with van der Waals surface area (Å²) in [7, 11) is 3.67. The number of likely N-dealkylation sites (N-methyl/N-ethyl adjacent to an activating group) is 1. The summed E-state index contributed by atoms with van der Waals surface area (Å²) in [5.41, 5.74) is 1.06. The van der Waals surface area contributed by atoms with Gasteiger partial charge in [-0.15, -0.1) is 0 Å². The molecule has 0 saturated carbocycles. The van der Waals surface area contributed by atoms with E-state index in [0.29, 0.717) is 0 Å². The third-order valence-electron chi connectivity index (χ3n) is 3.28. The summed E-state index contributed by atoms with van der Waals surface area (Å²) in [4.78, 5) is 0. The van der Waals surface area contributed by atoms with Gasteiger partial charge in [0, 0.05) is 12.6 Å². The Hall–Kier alpha value is -1.06. The van der Waals surface area contributed by atoms with E-state index in [1.165, 1.54) is 5.56 Å². The molecule has 102 valence electrons. The second kappa shape index (κ2) is 6.76. The van der Waals surface area contributed by atoms with Gasteiger partial charge in [0.25, 0.3) is 0 Å². The minimum Gasteiger partial charge on any atom is -0.497 e. The Morgan fingerprint density at radius 1 is 1.33 bits per heavy atom. The van der Waals surface area contributed by atoms with Crippen molar-refractivity contribution in [2.45, 2.75) is 38.8 Å². The second-order valence-electron chi connectivity index (χ2n) is 4.93. The van der Waals surface area contributed by atoms with E-state index in [1.54, 1.807) is 7.11 Å². The molecule has 1 aromatic carbocycles. The summed E-state index contributed by atoms with van der Waals surface area (Å²) in [6.07, 6.45) is 0.917. The van der Waals surface area contributed by atoms with E-state index >= 15 is 0 Å².